The summed E-state index contributed by atoms with van der Waals surface area (Å²) in [4.78, 5) is 9.04. The first kappa shape index (κ1) is 48.2. The molecule has 0 saturated carbocycles. The smallest absolute Gasteiger partial charge is 0.872 e. The van der Waals surface area contributed by atoms with Gasteiger partial charge in [-0.05, 0) is 82.7 Å². The topological polar surface area (TPSA) is 321 Å². The van der Waals surface area contributed by atoms with Crippen LogP contribution in [0, 0.1) is 0 Å². The average Bonchev–Trinajstić information content (AvgIpc) is 3.13. The third-order valence-corrected chi connectivity index (χ3v) is 9.56. The number of rotatable bonds is 10. The number of nitrogen functional groups attached to an aromatic ring is 2. The van der Waals surface area contributed by atoms with E-state index in [0.29, 0.717) is 17.4 Å². The Morgan fingerprint density at radius 2 is 1.00 bits per heavy atom. The second kappa shape index (κ2) is 19.7. The molecule has 6 N–H and O–H groups in total. The predicted molar refractivity (Wildman–Crippen MR) is 193 cm³/mol. The molecular weight excluding hydrogens is 826 g/mol. The predicted octanol–water partition coefficient (Wildman–Crippen LogP) is -3.07. The Hall–Kier alpha value is -4.13. The summed E-state index contributed by atoms with van der Waals surface area (Å²) in [5.74, 6) is -2.93. The Balaban J connectivity index is 0.00000300. The van der Waals surface area contributed by atoms with Crippen LogP contribution in [-0.4, -0.2) is 31.9 Å². The first-order chi connectivity index (χ1) is 26.0. The zero-order valence-corrected chi connectivity index (χ0v) is 38.3. The monoisotopic (exact) mass is 848 g/mol. The van der Waals surface area contributed by atoms with Gasteiger partial charge in [0, 0.05) is 5.39 Å². The van der Waals surface area contributed by atoms with Crippen LogP contribution in [0.1, 0.15) is 10.4 Å². The fourth-order valence-electron chi connectivity index (χ4n) is 5.14. The molecule has 0 aromatic heterocycles. The number of carboxylic acid groups (broad SMARTS) is 1. The number of aromatic carboxylic acids is 1. The van der Waals surface area contributed by atoms with Gasteiger partial charge < -0.3 is 31.6 Å². The van der Waals surface area contributed by atoms with Crippen LogP contribution >= 0.6 is 0 Å². The molecule has 6 aromatic carbocycles. The van der Waals surface area contributed by atoms with Crippen LogP contribution in [0.2, 0.25) is 0 Å². The zero-order chi connectivity index (χ0) is 39.7. The number of nitrogens with two attached hydrogens (primary N) is 2. The minimum absolute atomic E-state index is 0. The summed E-state index contributed by atoms with van der Waals surface area (Å²) < 4.78 is 69.4. The van der Waals surface area contributed by atoms with Crippen molar-refractivity contribution in [3.63, 3.8) is 0 Å². The summed E-state index contributed by atoms with van der Waals surface area (Å²) in [6.45, 7) is 0. The average molecular weight is 849 g/mol. The molecule has 0 heterocycles. The molecule has 0 bridgehead atoms. The van der Waals surface area contributed by atoms with Crippen molar-refractivity contribution in [2.24, 2.45) is 30.7 Å². The first-order valence-electron chi connectivity index (χ1n) is 15.4. The summed E-state index contributed by atoms with van der Waals surface area (Å²) in [6.07, 6.45) is 0. The van der Waals surface area contributed by atoms with Crippen molar-refractivity contribution >= 4 is 82.5 Å². The van der Waals surface area contributed by atoms with Gasteiger partial charge in [0.15, 0.2) is 0 Å². The molecule has 0 atom stereocenters. The van der Waals surface area contributed by atoms with Gasteiger partial charge in [0.2, 0.25) is 0 Å². The standard InChI is InChI=1S/C35H26N8O10S2.3Na/c36-26-17-25(44)13-14-27(26)41-38-22-7-1-18(2-8-22)19-3-9-23(10-4-19)39-42-32-28(54(48,49)50)15-21-16-29(55(51,52)53)33(34(45)30(21)31(32)37)43-40-24-11-5-20(6-12-24)35(46)47;;;/h1-17,44-45H,36-37H2,(H,46,47)(H,48,49,50)(H,51,52,53);;;/q;3*+1/p-3. The second-order valence-electron chi connectivity index (χ2n) is 11.5. The fraction of sp³-hybridized carbons (Fsp3) is 0. The second-order valence-corrected chi connectivity index (χ2v) is 14.3. The van der Waals surface area contributed by atoms with E-state index in [-0.39, 0.29) is 117 Å². The summed E-state index contributed by atoms with van der Waals surface area (Å²) >= 11 is 0. The SMILES string of the molecule is Nc1cc([O-])ccc1N=Nc1ccc(-c2ccc(N=Nc3c(S(=O)(=O)O)cc4cc(S(=O)(=O)O)c(N=Nc5ccc(C(=O)[O-])cc5)c([O-])c4c3N)cc2)cc1.[Na+].[Na+].[Na+]. The Kier molecular flexibility index (Phi) is 16.4. The number of anilines is 2. The van der Waals surface area contributed by atoms with Crippen molar-refractivity contribution in [3.05, 3.63) is 109 Å². The number of carbonyl (C=O) groups excluding carboxylic acids is 1. The minimum atomic E-state index is -5.19. The van der Waals surface area contributed by atoms with Crippen LogP contribution in [0.15, 0.2) is 144 Å². The van der Waals surface area contributed by atoms with Gasteiger partial charge in [0.1, 0.15) is 21.2 Å². The summed E-state index contributed by atoms with van der Waals surface area (Å²) in [5, 5.41) is 58.8. The van der Waals surface area contributed by atoms with Crippen molar-refractivity contribution in [3.8, 4) is 22.6 Å². The molecule has 0 radical (unpaired) electrons. The summed E-state index contributed by atoms with van der Waals surface area (Å²) in [7, 11) is -10.3. The van der Waals surface area contributed by atoms with Crippen LogP contribution in [0.5, 0.6) is 11.5 Å². The summed E-state index contributed by atoms with van der Waals surface area (Å²) in [6, 6.07) is 23.5. The molecule has 0 saturated heterocycles. The van der Waals surface area contributed by atoms with Gasteiger partial charge in [-0.15, -0.1) is 21.1 Å². The number of nitrogens with zero attached hydrogens (tertiary/aromatic N) is 6. The van der Waals surface area contributed by atoms with Gasteiger partial charge in [-0.25, -0.2) is 0 Å². The van der Waals surface area contributed by atoms with E-state index in [1.165, 1.54) is 42.5 Å². The minimum Gasteiger partial charge on any atom is -0.872 e. The Bertz CT molecular complexity index is 2830. The van der Waals surface area contributed by atoms with Crippen LogP contribution < -0.4 is 115 Å². The number of azo groups is 3. The summed E-state index contributed by atoms with van der Waals surface area (Å²) in [5.41, 5.74) is 12.4. The van der Waals surface area contributed by atoms with Gasteiger partial charge in [-0.1, -0.05) is 48.2 Å². The van der Waals surface area contributed by atoms with Gasteiger partial charge in [0.25, 0.3) is 20.2 Å². The van der Waals surface area contributed by atoms with Gasteiger partial charge >= 0.3 is 88.7 Å². The van der Waals surface area contributed by atoms with Crippen molar-refractivity contribution in [2.45, 2.75) is 9.79 Å². The van der Waals surface area contributed by atoms with Gasteiger partial charge in [-0.2, -0.15) is 32.2 Å². The molecule has 58 heavy (non-hydrogen) atoms. The molecule has 0 aliphatic heterocycles. The molecular formula is C35H23N8Na3O10S2. The Labute approximate surface area is 396 Å². The van der Waals surface area contributed by atoms with Crippen LogP contribution in [0.25, 0.3) is 21.9 Å². The number of carbonyl (C=O) groups is 1. The Morgan fingerprint density at radius 1 is 0.569 bits per heavy atom. The van der Waals surface area contributed by atoms with Crippen LogP contribution in [0.3, 0.4) is 0 Å². The maximum absolute atomic E-state index is 13.7. The molecule has 0 aliphatic carbocycles. The number of hydrogen-bond acceptors (Lipinski definition) is 16. The third kappa shape index (κ3) is 11.1. The van der Waals surface area contributed by atoms with E-state index in [9.17, 15) is 46.1 Å². The molecule has 0 fully saturated rings. The fourth-order valence-corrected chi connectivity index (χ4v) is 6.47. The number of hydrogen-bond donors (Lipinski definition) is 4. The molecule has 18 nitrogen and oxygen atoms in total. The van der Waals surface area contributed by atoms with E-state index in [1.54, 1.807) is 36.4 Å². The van der Waals surface area contributed by atoms with Crippen molar-refractivity contribution in [1.82, 2.24) is 0 Å². The van der Waals surface area contributed by atoms with Crippen molar-refractivity contribution < 1.29 is 135 Å². The normalized spacial score (nSPS) is 11.7. The molecule has 0 spiro atoms. The maximum atomic E-state index is 13.7. The van der Waals surface area contributed by atoms with Crippen LogP contribution in [-0.2, 0) is 20.2 Å². The van der Waals surface area contributed by atoms with E-state index in [1.807, 2.05) is 0 Å². The molecule has 6 aromatic rings. The number of fused-ring (bicyclic) bond motifs is 1. The molecule has 0 amide bonds. The maximum Gasteiger partial charge on any atom is 1.00 e. The third-order valence-electron chi connectivity index (χ3n) is 7.83. The van der Waals surface area contributed by atoms with Gasteiger partial charge in [0.05, 0.1) is 40.1 Å². The van der Waals surface area contributed by atoms with E-state index >= 15 is 0 Å². The first-order valence-corrected chi connectivity index (χ1v) is 18.3. The van der Waals surface area contributed by atoms with E-state index in [2.05, 4.69) is 30.7 Å². The quantitative estimate of drug-likeness (QED) is 0.0462. The Morgan fingerprint density at radius 3 is 1.45 bits per heavy atom. The number of benzene rings is 6. The van der Waals surface area contributed by atoms with Crippen molar-refractivity contribution in [2.75, 3.05) is 11.5 Å². The zero-order valence-electron chi connectivity index (χ0n) is 30.6. The van der Waals surface area contributed by atoms with E-state index < -0.39 is 69.6 Å². The van der Waals surface area contributed by atoms with Gasteiger partial charge in [-0.3, -0.25) is 9.11 Å². The molecule has 0 aliphatic rings. The number of carboxylic acids is 1. The molecule has 278 valence electrons. The van der Waals surface area contributed by atoms with E-state index in [4.69, 9.17) is 11.5 Å². The largest absolute Gasteiger partial charge is 1.00 e. The molecule has 23 heteroatoms. The van der Waals surface area contributed by atoms with E-state index in [0.717, 1.165) is 29.3 Å². The van der Waals surface area contributed by atoms with Crippen molar-refractivity contribution in [1.29, 1.82) is 0 Å². The van der Waals surface area contributed by atoms with Crippen LogP contribution in [0.4, 0.5) is 45.5 Å². The molecule has 0 unspecified atom stereocenters. The molecule has 6 rings (SSSR count).